The monoisotopic (exact) mass is 336 g/mol. The van der Waals surface area contributed by atoms with Gasteiger partial charge in [0.2, 0.25) is 11.8 Å². The highest BCUT2D eigenvalue weighted by Gasteiger charge is 2.23. The molecule has 1 saturated carbocycles. The molecule has 0 aromatic carbocycles. The highest BCUT2D eigenvalue weighted by atomic mass is 16.5. The molecule has 1 aliphatic heterocycles. The molecular formula is C17H28N4O3. The first kappa shape index (κ1) is 17.4. The van der Waals surface area contributed by atoms with Crippen LogP contribution in [0.25, 0.3) is 0 Å². The van der Waals surface area contributed by atoms with Crippen LogP contribution in [0.15, 0.2) is 4.52 Å². The zero-order valence-electron chi connectivity index (χ0n) is 14.6. The Bertz CT molecular complexity index is 520. The van der Waals surface area contributed by atoms with Gasteiger partial charge in [0.05, 0.1) is 12.6 Å². The molecule has 0 atom stereocenters. The molecule has 0 N–H and O–H groups in total. The normalized spacial score (nSPS) is 20.5. The van der Waals surface area contributed by atoms with Crippen molar-refractivity contribution in [3.8, 4) is 0 Å². The van der Waals surface area contributed by atoms with Crippen LogP contribution in [0.2, 0.25) is 0 Å². The van der Waals surface area contributed by atoms with Crippen LogP contribution in [-0.4, -0.2) is 64.7 Å². The average molecular weight is 336 g/mol. The molecular weight excluding hydrogens is 308 g/mol. The van der Waals surface area contributed by atoms with Gasteiger partial charge in [-0.05, 0) is 12.8 Å². The maximum absolute atomic E-state index is 12.3. The van der Waals surface area contributed by atoms with Crippen molar-refractivity contribution in [2.75, 3.05) is 32.8 Å². The lowest BCUT2D eigenvalue weighted by Gasteiger charge is -2.34. The van der Waals surface area contributed by atoms with Crippen molar-refractivity contribution in [2.24, 2.45) is 0 Å². The number of amides is 1. The van der Waals surface area contributed by atoms with Crippen LogP contribution < -0.4 is 0 Å². The fraction of sp³-hybridized carbons (Fsp3) is 0.824. The van der Waals surface area contributed by atoms with Crippen LogP contribution >= 0.6 is 0 Å². The van der Waals surface area contributed by atoms with E-state index in [4.69, 9.17) is 9.26 Å². The number of piperazine rings is 1. The molecule has 2 aliphatic rings. The lowest BCUT2D eigenvalue weighted by Crippen LogP contribution is -2.49. The Hall–Kier alpha value is -1.47. The van der Waals surface area contributed by atoms with Gasteiger partial charge in [-0.1, -0.05) is 31.3 Å². The lowest BCUT2D eigenvalue weighted by atomic mass is 9.98. The molecule has 0 spiro atoms. The van der Waals surface area contributed by atoms with Crippen molar-refractivity contribution in [1.29, 1.82) is 0 Å². The molecule has 1 aliphatic carbocycles. The van der Waals surface area contributed by atoms with Gasteiger partial charge in [0.15, 0.2) is 5.82 Å². The minimum atomic E-state index is 0.119. The van der Waals surface area contributed by atoms with E-state index in [0.717, 1.165) is 51.3 Å². The van der Waals surface area contributed by atoms with E-state index >= 15 is 0 Å². The number of rotatable bonds is 6. The second kappa shape index (κ2) is 8.58. The largest absolute Gasteiger partial charge is 0.368 e. The van der Waals surface area contributed by atoms with Crippen LogP contribution in [0.5, 0.6) is 0 Å². The Labute approximate surface area is 143 Å². The van der Waals surface area contributed by atoms with E-state index in [9.17, 15) is 4.79 Å². The molecule has 0 radical (unpaired) electrons. The fourth-order valence-corrected chi connectivity index (χ4v) is 3.37. The Balaban J connectivity index is 1.37. The number of hydrogen-bond donors (Lipinski definition) is 0. The van der Waals surface area contributed by atoms with Gasteiger partial charge >= 0.3 is 0 Å². The van der Waals surface area contributed by atoms with Crippen molar-refractivity contribution in [3.05, 3.63) is 11.7 Å². The zero-order chi connectivity index (χ0) is 16.8. The summed E-state index contributed by atoms with van der Waals surface area (Å²) in [5.41, 5.74) is 0. The van der Waals surface area contributed by atoms with E-state index in [0.29, 0.717) is 12.4 Å². The highest BCUT2D eigenvalue weighted by molar-refractivity contribution is 5.77. The molecule has 1 aromatic heterocycles. The second-order valence-corrected chi connectivity index (χ2v) is 6.69. The third-order valence-electron chi connectivity index (χ3n) is 4.90. The van der Waals surface area contributed by atoms with Gasteiger partial charge < -0.3 is 14.2 Å². The summed E-state index contributed by atoms with van der Waals surface area (Å²) in [5.74, 6) is 1.53. The van der Waals surface area contributed by atoms with Crippen molar-refractivity contribution in [2.45, 2.75) is 58.1 Å². The smallest absolute Gasteiger partial charge is 0.248 e. The summed E-state index contributed by atoms with van der Waals surface area (Å²) in [4.78, 5) is 20.8. The SMILES string of the molecule is CCc1nc(CN2CCN(C(=O)COC3CCCCC3)CC2)no1. The maximum Gasteiger partial charge on any atom is 0.248 e. The fourth-order valence-electron chi connectivity index (χ4n) is 3.37. The van der Waals surface area contributed by atoms with E-state index in [1.54, 1.807) is 0 Å². The van der Waals surface area contributed by atoms with Crippen molar-refractivity contribution < 1.29 is 14.1 Å². The molecule has 7 nitrogen and oxygen atoms in total. The summed E-state index contributed by atoms with van der Waals surface area (Å²) in [6.45, 7) is 6.07. The number of carbonyl (C=O) groups excluding carboxylic acids is 1. The third-order valence-corrected chi connectivity index (χ3v) is 4.90. The van der Waals surface area contributed by atoms with E-state index in [1.165, 1.54) is 19.3 Å². The Morgan fingerprint density at radius 2 is 1.96 bits per heavy atom. The van der Waals surface area contributed by atoms with Crippen molar-refractivity contribution in [3.63, 3.8) is 0 Å². The van der Waals surface area contributed by atoms with Crippen LogP contribution in [-0.2, 0) is 22.5 Å². The quantitative estimate of drug-likeness (QED) is 0.786. The van der Waals surface area contributed by atoms with Crippen LogP contribution in [0.3, 0.4) is 0 Å². The average Bonchev–Trinajstić information content (AvgIpc) is 3.09. The molecule has 1 amide bonds. The minimum Gasteiger partial charge on any atom is -0.368 e. The Kier molecular flexibility index (Phi) is 6.20. The standard InChI is InChI=1S/C17H28N4O3/c1-2-16-18-15(19-24-16)12-20-8-10-21(11-9-20)17(22)13-23-14-6-4-3-5-7-14/h14H,2-13H2,1H3. The number of hydrogen-bond acceptors (Lipinski definition) is 6. The predicted octanol–water partition coefficient (Wildman–Crippen LogP) is 1.63. The number of nitrogens with zero attached hydrogens (tertiary/aromatic N) is 4. The van der Waals surface area contributed by atoms with Gasteiger partial charge in [-0.25, -0.2) is 0 Å². The van der Waals surface area contributed by atoms with Crippen LogP contribution in [0.1, 0.15) is 50.7 Å². The summed E-state index contributed by atoms with van der Waals surface area (Å²) in [6.07, 6.45) is 7.01. The van der Waals surface area contributed by atoms with Gasteiger partial charge in [-0.3, -0.25) is 9.69 Å². The number of aryl methyl sites for hydroxylation is 1. The number of ether oxygens (including phenoxy) is 1. The third kappa shape index (κ3) is 4.77. The number of carbonyl (C=O) groups is 1. The molecule has 2 fully saturated rings. The molecule has 134 valence electrons. The van der Waals surface area contributed by atoms with E-state index in [1.807, 2.05) is 11.8 Å². The second-order valence-electron chi connectivity index (χ2n) is 6.69. The van der Waals surface area contributed by atoms with Crippen LogP contribution in [0, 0.1) is 0 Å². The number of aromatic nitrogens is 2. The molecule has 2 heterocycles. The van der Waals surface area contributed by atoms with Gasteiger partial charge in [0.1, 0.15) is 6.61 Å². The Morgan fingerprint density at radius 3 is 2.62 bits per heavy atom. The van der Waals surface area contributed by atoms with Crippen molar-refractivity contribution in [1.82, 2.24) is 19.9 Å². The Morgan fingerprint density at radius 1 is 1.21 bits per heavy atom. The molecule has 1 saturated heterocycles. The zero-order valence-corrected chi connectivity index (χ0v) is 14.6. The topological polar surface area (TPSA) is 71.7 Å². The van der Waals surface area contributed by atoms with E-state index in [2.05, 4.69) is 15.0 Å². The van der Waals surface area contributed by atoms with E-state index < -0.39 is 0 Å². The first-order chi connectivity index (χ1) is 11.7. The van der Waals surface area contributed by atoms with Crippen LogP contribution in [0.4, 0.5) is 0 Å². The summed E-state index contributed by atoms with van der Waals surface area (Å²) in [5, 5.41) is 3.99. The molecule has 0 bridgehead atoms. The molecule has 7 heteroatoms. The molecule has 3 rings (SSSR count). The summed E-state index contributed by atoms with van der Waals surface area (Å²) < 4.78 is 10.9. The molecule has 0 unspecified atom stereocenters. The van der Waals surface area contributed by atoms with Gasteiger partial charge in [0.25, 0.3) is 0 Å². The first-order valence-electron chi connectivity index (χ1n) is 9.18. The minimum absolute atomic E-state index is 0.119. The summed E-state index contributed by atoms with van der Waals surface area (Å²) in [7, 11) is 0. The maximum atomic E-state index is 12.3. The summed E-state index contributed by atoms with van der Waals surface area (Å²) in [6, 6.07) is 0. The molecule has 1 aromatic rings. The first-order valence-corrected chi connectivity index (χ1v) is 9.18. The molecule has 24 heavy (non-hydrogen) atoms. The van der Waals surface area contributed by atoms with Crippen molar-refractivity contribution >= 4 is 5.91 Å². The summed E-state index contributed by atoms with van der Waals surface area (Å²) >= 11 is 0. The van der Waals surface area contributed by atoms with Gasteiger partial charge in [0, 0.05) is 32.6 Å². The van der Waals surface area contributed by atoms with Gasteiger partial charge in [-0.15, -0.1) is 0 Å². The van der Waals surface area contributed by atoms with Gasteiger partial charge in [-0.2, -0.15) is 4.98 Å². The predicted molar refractivity (Wildman–Crippen MR) is 88.4 cm³/mol. The highest BCUT2D eigenvalue weighted by Crippen LogP contribution is 2.20. The van der Waals surface area contributed by atoms with E-state index in [-0.39, 0.29) is 18.6 Å². The lowest BCUT2D eigenvalue weighted by molar-refractivity contribution is -0.140.